The van der Waals surface area contributed by atoms with Crippen LogP contribution < -0.4 is 0 Å². The molecule has 0 fully saturated rings. The Kier molecular flexibility index (Phi) is 2.14. The van der Waals surface area contributed by atoms with E-state index < -0.39 is 0 Å². The van der Waals surface area contributed by atoms with E-state index >= 15 is 0 Å². The number of aliphatic hydroxyl groups is 1. The lowest BCUT2D eigenvalue weighted by Gasteiger charge is -1.95. The molecule has 2 N–H and O–H groups in total. The molecule has 68 valence electrons. The summed E-state index contributed by atoms with van der Waals surface area (Å²) in [6.45, 7) is 2.06. The van der Waals surface area contributed by atoms with Crippen LogP contribution in [0.3, 0.4) is 0 Å². The lowest BCUT2D eigenvalue weighted by molar-refractivity contribution is 0.282. The largest absolute Gasteiger partial charge is 0.392 e. The van der Waals surface area contributed by atoms with Gasteiger partial charge in [0.2, 0.25) is 0 Å². The second kappa shape index (κ2) is 3.16. The number of halogens is 1. The second-order valence-corrected chi connectivity index (χ2v) is 3.90. The molecule has 0 aliphatic carbocycles. The number of para-hydroxylation sites is 1. The smallest absolute Gasteiger partial charge is 0.0705 e. The molecule has 0 saturated heterocycles. The van der Waals surface area contributed by atoms with E-state index in [9.17, 15) is 0 Å². The third-order valence-corrected chi connectivity index (χ3v) is 2.92. The SMILES string of the molecule is Cc1[nH]c2c(Br)cccc2c1CO. The molecule has 0 saturated carbocycles. The predicted molar refractivity (Wildman–Crippen MR) is 56.7 cm³/mol. The fourth-order valence-corrected chi connectivity index (χ4v) is 2.04. The summed E-state index contributed by atoms with van der Waals surface area (Å²) >= 11 is 3.46. The number of hydrogen-bond acceptors (Lipinski definition) is 1. The number of rotatable bonds is 1. The Morgan fingerprint density at radius 2 is 2.23 bits per heavy atom. The van der Waals surface area contributed by atoms with Gasteiger partial charge in [-0.05, 0) is 28.9 Å². The van der Waals surface area contributed by atoms with Crippen molar-refractivity contribution in [1.29, 1.82) is 0 Å². The highest BCUT2D eigenvalue weighted by molar-refractivity contribution is 9.10. The third-order valence-electron chi connectivity index (χ3n) is 2.26. The molecule has 0 amide bonds. The van der Waals surface area contributed by atoms with Gasteiger partial charge in [-0.1, -0.05) is 12.1 Å². The van der Waals surface area contributed by atoms with Crippen LogP contribution in [-0.2, 0) is 6.61 Å². The van der Waals surface area contributed by atoms with Gasteiger partial charge in [0.15, 0.2) is 0 Å². The van der Waals surface area contributed by atoms with Crippen molar-refractivity contribution in [2.45, 2.75) is 13.5 Å². The Morgan fingerprint density at radius 3 is 2.92 bits per heavy atom. The van der Waals surface area contributed by atoms with Gasteiger partial charge in [-0.2, -0.15) is 0 Å². The Balaban J connectivity index is 2.86. The van der Waals surface area contributed by atoms with Crippen LogP contribution in [0.15, 0.2) is 22.7 Å². The van der Waals surface area contributed by atoms with Crippen molar-refractivity contribution >= 4 is 26.8 Å². The molecule has 2 aromatic rings. The van der Waals surface area contributed by atoms with Gasteiger partial charge in [0.1, 0.15) is 0 Å². The molecule has 0 atom stereocenters. The van der Waals surface area contributed by atoms with Gasteiger partial charge >= 0.3 is 0 Å². The van der Waals surface area contributed by atoms with Crippen molar-refractivity contribution in [3.05, 3.63) is 33.9 Å². The fraction of sp³-hybridized carbons (Fsp3) is 0.200. The normalized spacial score (nSPS) is 11.0. The van der Waals surface area contributed by atoms with E-state index in [0.717, 1.165) is 26.6 Å². The zero-order chi connectivity index (χ0) is 9.42. The fourth-order valence-electron chi connectivity index (χ4n) is 1.57. The first-order valence-corrected chi connectivity index (χ1v) is 4.90. The predicted octanol–water partition coefficient (Wildman–Crippen LogP) is 2.73. The molecule has 0 radical (unpaired) electrons. The molecular formula is C10H10BrNO. The van der Waals surface area contributed by atoms with Crippen LogP contribution >= 0.6 is 15.9 Å². The molecule has 1 aromatic heterocycles. The summed E-state index contributed by atoms with van der Waals surface area (Å²) in [5, 5.41) is 10.3. The van der Waals surface area contributed by atoms with Crippen molar-refractivity contribution in [2.24, 2.45) is 0 Å². The van der Waals surface area contributed by atoms with Gasteiger partial charge in [0.25, 0.3) is 0 Å². The van der Waals surface area contributed by atoms with Crippen molar-refractivity contribution in [3.8, 4) is 0 Å². The van der Waals surface area contributed by atoms with Gasteiger partial charge in [-0.3, -0.25) is 0 Å². The number of aromatic nitrogens is 1. The van der Waals surface area contributed by atoms with Crippen LogP contribution in [0.1, 0.15) is 11.3 Å². The van der Waals surface area contributed by atoms with Crippen LogP contribution in [0, 0.1) is 6.92 Å². The van der Waals surface area contributed by atoms with Gasteiger partial charge in [-0.15, -0.1) is 0 Å². The second-order valence-electron chi connectivity index (χ2n) is 3.05. The van der Waals surface area contributed by atoms with E-state index in [1.54, 1.807) is 0 Å². The summed E-state index contributed by atoms with van der Waals surface area (Å²) in [5.41, 5.74) is 3.07. The highest BCUT2D eigenvalue weighted by Gasteiger charge is 2.08. The Morgan fingerprint density at radius 1 is 1.46 bits per heavy atom. The first kappa shape index (κ1) is 8.78. The zero-order valence-corrected chi connectivity index (χ0v) is 8.85. The Bertz CT molecular complexity index is 447. The van der Waals surface area contributed by atoms with Crippen molar-refractivity contribution in [1.82, 2.24) is 4.98 Å². The number of aryl methyl sites for hydroxylation is 1. The summed E-state index contributed by atoms with van der Waals surface area (Å²) in [5.74, 6) is 0. The van der Waals surface area contributed by atoms with Crippen LogP contribution in [-0.4, -0.2) is 10.1 Å². The minimum absolute atomic E-state index is 0.0856. The van der Waals surface area contributed by atoms with Gasteiger partial charge < -0.3 is 10.1 Å². The topological polar surface area (TPSA) is 36.0 Å². The van der Waals surface area contributed by atoms with E-state index in [0.29, 0.717) is 0 Å². The van der Waals surface area contributed by atoms with Crippen LogP contribution in [0.2, 0.25) is 0 Å². The van der Waals surface area contributed by atoms with Gasteiger partial charge in [-0.25, -0.2) is 0 Å². The maximum Gasteiger partial charge on any atom is 0.0705 e. The maximum absolute atomic E-state index is 9.16. The first-order chi connectivity index (χ1) is 6.24. The molecule has 0 unspecified atom stereocenters. The van der Waals surface area contributed by atoms with Gasteiger partial charge in [0.05, 0.1) is 12.1 Å². The highest BCUT2D eigenvalue weighted by atomic mass is 79.9. The number of nitrogens with one attached hydrogen (secondary N) is 1. The monoisotopic (exact) mass is 239 g/mol. The number of fused-ring (bicyclic) bond motifs is 1. The number of aliphatic hydroxyl groups excluding tert-OH is 1. The summed E-state index contributed by atoms with van der Waals surface area (Å²) in [6.07, 6.45) is 0. The van der Waals surface area contributed by atoms with E-state index in [4.69, 9.17) is 5.11 Å². The molecule has 0 aliphatic heterocycles. The Labute approximate surface area is 84.7 Å². The molecule has 1 aromatic carbocycles. The summed E-state index contributed by atoms with van der Waals surface area (Å²) in [4.78, 5) is 3.24. The molecular weight excluding hydrogens is 230 g/mol. The van der Waals surface area contributed by atoms with E-state index in [1.165, 1.54) is 0 Å². The van der Waals surface area contributed by atoms with E-state index in [-0.39, 0.29) is 6.61 Å². The van der Waals surface area contributed by atoms with Crippen LogP contribution in [0.25, 0.3) is 10.9 Å². The average molecular weight is 240 g/mol. The quantitative estimate of drug-likeness (QED) is 0.789. The number of aromatic amines is 1. The summed E-state index contributed by atoms with van der Waals surface area (Å²) < 4.78 is 1.04. The molecule has 2 nitrogen and oxygen atoms in total. The number of hydrogen-bond donors (Lipinski definition) is 2. The molecule has 0 aliphatic rings. The molecule has 0 bridgehead atoms. The van der Waals surface area contributed by atoms with Crippen molar-refractivity contribution < 1.29 is 5.11 Å². The van der Waals surface area contributed by atoms with Crippen molar-refractivity contribution in [3.63, 3.8) is 0 Å². The van der Waals surface area contributed by atoms with Crippen LogP contribution in [0.5, 0.6) is 0 Å². The maximum atomic E-state index is 9.16. The lowest BCUT2D eigenvalue weighted by Crippen LogP contribution is -1.82. The minimum Gasteiger partial charge on any atom is -0.392 e. The Hall–Kier alpha value is -0.800. The average Bonchev–Trinajstić information content (AvgIpc) is 2.43. The number of benzene rings is 1. The standard InChI is InChI=1S/C10H10BrNO/c1-6-8(5-13)7-3-2-4-9(11)10(7)12-6/h2-4,12-13H,5H2,1H3. The first-order valence-electron chi connectivity index (χ1n) is 4.10. The zero-order valence-electron chi connectivity index (χ0n) is 7.26. The molecule has 0 spiro atoms. The molecule has 1 heterocycles. The van der Waals surface area contributed by atoms with Crippen molar-refractivity contribution in [2.75, 3.05) is 0 Å². The summed E-state index contributed by atoms with van der Waals surface area (Å²) in [6, 6.07) is 5.97. The van der Waals surface area contributed by atoms with E-state index in [1.807, 2.05) is 25.1 Å². The molecule has 2 rings (SSSR count). The minimum atomic E-state index is 0.0856. The highest BCUT2D eigenvalue weighted by Crippen LogP contribution is 2.27. The molecule has 3 heteroatoms. The number of H-pyrrole nitrogens is 1. The van der Waals surface area contributed by atoms with Crippen LogP contribution in [0.4, 0.5) is 0 Å². The molecule has 13 heavy (non-hydrogen) atoms. The van der Waals surface area contributed by atoms with Gasteiger partial charge in [0, 0.05) is 21.1 Å². The lowest BCUT2D eigenvalue weighted by atomic mass is 10.1. The summed E-state index contributed by atoms with van der Waals surface area (Å²) in [7, 11) is 0. The van der Waals surface area contributed by atoms with E-state index in [2.05, 4.69) is 20.9 Å². The third kappa shape index (κ3) is 1.28.